The van der Waals surface area contributed by atoms with Gasteiger partial charge in [-0.2, -0.15) is 0 Å². The van der Waals surface area contributed by atoms with E-state index in [1.54, 1.807) is 7.11 Å². The number of methoxy groups -OCH3 is 1. The van der Waals surface area contributed by atoms with E-state index >= 15 is 0 Å². The predicted octanol–water partition coefficient (Wildman–Crippen LogP) is 3.04. The Morgan fingerprint density at radius 2 is 2.12 bits per heavy atom. The van der Waals surface area contributed by atoms with Gasteiger partial charge < -0.3 is 9.84 Å². The summed E-state index contributed by atoms with van der Waals surface area (Å²) in [5, 5.41) is 9.22. The maximum Gasteiger partial charge on any atom is 0.311 e. The second-order valence-electron chi connectivity index (χ2n) is 3.69. The molecule has 1 N–H and O–H groups in total. The van der Waals surface area contributed by atoms with Crippen molar-refractivity contribution in [2.24, 2.45) is 0 Å². The normalized spacial score (nSPS) is 14.4. The van der Waals surface area contributed by atoms with Crippen LogP contribution in [0.5, 0.6) is 0 Å². The van der Waals surface area contributed by atoms with E-state index < -0.39 is 11.9 Å². The molecule has 16 heavy (non-hydrogen) atoms. The highest BCUT2D eigenvalue weighted by atomic mass is 79.9. The fourth-order valence-corrected chi connectivity index (χ4v) is 2.11. The van der Waals surface area contributed by atoms with Crippen LogP contribution in [0.4, 0.5) is 0 Å². The summed E-state index contributed by atoms with van der Waals surface area (Å²) in [6, 6.07) is 7.38. The third-order valence-corrected chi connectivity index (χ3v) is 3.27. The Kier molecular flexibility index (Phi) is 4.96. The highest BCUT2D eigenvalue weighted by molar-refractivity contribution is 9.10. The van der Waals surface area contributed by atoms with Crippen molar-refractivity contribution in [1.29, 1.82) is 0 Å². The van der Waals surface area contributed by atoms with Crippen LogP contribution in [-0.2, 0) is 9.53 Å². The molecule has 0 heterocycles. The van der Waals surface area contributed by atoms with Crippen molar-refractivity contribution in [3.8, 4) is 0 Å². The molecular formula is C12H15BrO3. The molecule has 0 spiro atoms. The predicted molar refractivity (Wildman–Crippen MR) is 65.6 cm³/mol. The molecule has 0 aromatic heterocycles. The molecule has 88 valence electrons. The molecule has 0 saturated heterocycles. The van der Waals surface area contributed by atoms with Gasteiger partial charge in [-0.15, -0.1) is 0 Å². The van der Waals surface area contributed by atoms with Crippen LogP contribution in [-0.4, -0.2) is 24.3 Å². The van der Waals surface area contributed by atoms with E-state index in [0.717, 1.165) is 10.0 Å². The Morgan fingerprint density at radius 1 is 1.50 bits per heavy atom. The van der Waals surface area contributed by atoms with Gasteiger partial charge in [0.2, 0.25) is 0 Å². The van der Waals surface area contributed by atoms with Crippen LogP contribution in [0.3, 0.4) is 0 Å². The van der Waals surface area contributed by atoms with Gasteiger partial charge in [0, 0.05) is 11.6 Å². The van der Waals surface area contributed by atoms with E-state index in [0.29, 0.717) is 6.42 Å². The van der Waals surface area contributed by atoms with E-state index in [4.69, 9.17) is 4.74 Å². The van der Waals surface area contributed by atoms with Crippen LogP contribution in [0.25, 0.3) is 0 Å². The Labute approximate surface area is 104 Å². The summed E-state index contributed by atoms with van der Waals surface area (Å²) in [4.78, 5) is 11.2. The smallest absolute Gasteiger partial charge is 0.311 e. The molecule has 3 nitrogen and oxygen atoms in total. The number of aliphatic carboxylic acids is 1. The molecule has 2 unspecified atom stereocenters. The summed E-state index contributed by atoms with van der Waals surface area (Å²) in [5.41, 5.74) is 0.791. The molecule has 0 aliphatic carbocycles. The molecule has 2 atom stereocenters. The zero-order chi connectivity index (χ0) is 12.1. The van der Waals surface area contributed by atoms with Crippen molar-refractivity contribution in [2.75, 3.05) is 7.11 Å². The van der Waals surface area contributed by atoms with Crippen LogP contribution in [0, 0.1) is 0 Å². The van der Waals surface area contributed by atoms with Gasteiger partial charge in [0.25, 0.3) is 0 Å². The third kappa shape index (κ3) is 3.32. The summed E-state index contributed by atoms with van der Waals surface area (Å²) in [7, 11) is 1.59. The standard InChI is InChI=1S/C12H15BrO3/c1-8(16-2)7-10(12(14)15)9-5-3-4-6-11(9)13/h3-6,8,10H,7H2,1-2H3,(H,14,15). The van der Waals surface area contributed by atoms with E-state index in [-0.39, 0.29) is 6.10 Å². The Hall–Kier alpha value is -0.870. The number of carbonyl (C=O) groups is 1. The van der Waals surface area contributed by atoms with Gasteiger partial charge in [-0.3, -0.25) is 4.79 Å². The lowest BCUT2D eigenvalue weighted by Crippen LogP contribution is -2.19. The molecule has 1 rings (SSSR count). The number of carboxylic acids is 1. The van der Waals surface area contributed by atoms with Crippen molar-refractivity contribution < 1.29 is 14.6 Å². The second-order valence-corrected chi connectivity index (χ2v) is 4.55. The first kappa shape index (κ1) is 13.2. The minimum atomic E-state index is -0.823. The summed E-state index contributed by atoms with van der Waals surface area (Å²) in [5.74, 6) is -1.36. The number of halogens is 1. The van der Waals surface area contributed by atoms with Gasteiger partial charge in [0.15, 0.2) is 0 Å². The summed E-state index contributed by atoms with van der Waals surface area (Å²) in [6.45, 7) is 1.87. The number of benzene rings is 1. The fraction of sp³-hybridized carbons (Fsp3) is 0.417. The van der Waals surface area contributed by atoms with Crippen molar-refractivity contribution in [3.63, 3.8) is 0 Å². The van der Waals surface area contributed by atoms with E-state index in [1.807, 2.05) is 31.2 Å². The Bertz CT molecular complexity index is 365. The largest absolute Gasteiger partial charge is 0.481 e. The van der Waals surface area contributed by atoms with E-state index in [9.17, 15) is 9.90 Å². The molecule has 4 heteroatoms. The summed E-state index contributed by atoms with van der Waals surface area (Å²) < 4.78 is 5.94. The molecule has 0 fully saturated rings. The van der Waals surface area contributed by atoms with Crippen LogP contribution >= 0.6 is 15.9 Å². The second kappa shape index (κ2) is 6.01. The minimum Gasteiger partial charge on any atom is -0.481 e. The first-order chi connectivity index (χ1) is 7.56. The van der Waals surface area contributed by atoms with Crippen LogP contribution in [0.2, 0.25) is 0 Å². The van der Waals surface area contributed by atoms with Crippen LogP contribution < -0.4 is 0 Å². The average Bonchev–Trinajstić information content (AvgIpc) is 2.26. The van der Waals surface area contributed by atoms with Gasteiger partial charge >= 0.3 is 5.97 Å². The zero-order valence-electron chi connectivity index (χ0n) is 9.31. The van der Waals surface area contributed by atoms with Gasteiger partial charge in [0.1, 0.15) is 0 Å². The van der Waals surface area contributed by atoms with Crippen molar-refractivity contribution in [2.45, 2.75) is 25.4 Å². The lowest BCUT2D eigenvalue weighted by atomic mass is 9.93. The molecule has 0 bridgehead atoms. The van der Waals surface area contributed by atoms with Gasteiger partial charge in [-0.1, -0.05) is 34.1 Å². The number of hydrogen-bond acceptors (Lipinski definition) is 2. The number of rotatable bonds is 5. The van der Waals surface area contributed by atoms with Crippen LogP contribution in [0.1, 0.15) is 24.8 Å². The van der Waals surface area contributed by atoms with E-state index in [2.05, 4.69) is 15.9 Å². The monoisotopic (exact) mass is 286 g/mol. The summed E-state index contributed by atoms with van der Waals surface area (Å²) in [6.07, 6.45) is 0.391. The van der Waals surface area contributed by atoms with Crippen molar-refractivity contribution in [1.82, 2.24) is 0 Å². The molecule has 0 aliphatic heterocycles. The fourth-order valence-electron chi connectivity index (χ4n) is 1.55. The maximum absolute atomic E-state index is 11.2. The lowest BCUT2D eigenvalue weighted by molar-refractivity contribution is -0.139. The lowest BCUT2D eigenvalue weighted by Gasteiger charge is -2.17. The maximum atomic E-state index is 11.2. The highest BCUT2D eigenvalue weighted by Crippen LogP contribution is 2.29. The first-order valence-electron chi connectivity index (χ1n) is 5.06. The number of carboxylic acid groups (broad SMARTS) is 1. The number of hydrogen-bond donors (Lipinski definition) is 1. The van der Waals surface area contributed by atoms with E-state index in [1.165, 1.54) is 0 Å². The molecule has 1 aromatic carbocycles. The van der Waals surface area contributed by atoms with Crippen LogP contribution in [0.15, 0.2) is 28.7 Å². The number of ether oxygens (including phenoxy) is 1. The SMILES string of the molecule is COC(C)CC(C(=O)O)c1ccccc1Br. The van der Waals surface area contributed by atoms with Crippen molar-refractivity contribution in [3.05, 3.63) is 34.3 Å². The first-order valence-corrected chi connectivity index (χ1v) is 5.85. The molecule has 1 aromatic rings. The minimum absolute atomic E-state index is 0.0757. The Balaban J connectivity index is 2.94. The van der Waals surface area contributed by atoms with Gasteiger partial charge in [0.05, 0.1) is 12.0 Å². The topological polar surface area (TPSA) is 46.5 Å². The summed E-state index contributed by atoms with van der Waals surface area (Å²) >= 11 is 3.37. The van der Waals surface area contributed by atoms with Crippen molar-refractivity contribution >= 4 is 21.9 Å². The highest BCUT2D eigenvalue weighted by Gasteiger charge is 2.24. The zero-order valence-corrected chi connectivity index (χ0v) is 10.9. The molecular weight excluding hydrogens is 272 g/mol. The third-order valence-electron chi connectivity index (χ3n) is 2.55. The quantitative estimate of drug-likeness (QED) is 0.905. The molecule has 0 radical (unpaired) electrons. The Morgan fingerprint density at radius 3 is 2.62 bits per heavy atom. The molecule has 0 aliphatic rings. The molecule has 0 amide bonds. The average molecular weight is 287 g/mol. The molecule has 0 saturated carbocycles. The van der Waals surface area contributed by atoms with Gasteiger partial charge in [-0.05, 0) is 25.0 Å². The van der Waals surface area contributed by atoms with Gasteiger partial charge in [-0.25, -0.2) is 0 Å².